The Balaban J connectivity index is 1.63. The summed E-state index contributed by atoms with van der Waals surface area (Å²) >= 11 is 6.57. The highest BCUT2D eigenvalue weighted by Crippen LogP contribution is 2.42. The van der Waals surface area contributed by atoms with Crippen LogP contribution in [0.4, 0.5) is 10.2 Å². The number of H-pyrrole nitrogens is 1. The van der Waals surface area contributed by atoms with Gasteiger partial charge in [-0.15, -0.1) is 0 Å². The summed E-state index contributed by atoms with van der Waals surface area (Å²) in [4.78, 5) is 22.1. The molecule has 1 aliphatic heterocycles. The highest BCUT2D eigenvalue weighted by molar-refractivity contribution is 6.35. The van der Waals surface area contributed by atoms with Crippen LogP contribution < -0.4 is 5.32 Å². The van der Waals surface area contributed by atoms with Gasteiger partial charge in [0.25, 0.3) is 0 Å². The number of benzene rings is 1. The van der Waals surface area contributed by atoms with Gasteiger partial charge in [0.05, 0.1) is 40.9 Å². The van der Waals surface area contributed by atoms with Gasteiger partial charge >= 0.3 is 0 Å². The largest absolute Gasteiger partial charge is 0.392 e. The minimum Gasteiger partial charge on any atom is -0.392 e. The van der Waals surface area contributed by atoms with E-state index >= 15 is 4.39 Å². The van der Waals surface area contributed by atoms with Gasteiger partial charge in [-0.25, -0.2) is 9.37 Å². The quantitative estimate of drug-likeness (QED) is 0.434. The Bertz CT molecular complexity index is 1350. The van der Waals surface area contributed by atoms with E-state index in [9.17, 15) is 9.90 Å². The molecule has 2 atom stereocenters. The number of anilines is 1. The maximum Gasteiger partial charge on any atom is 0.222 e. The van der Waals surface area contributed by atoms with Crippen molar-refractivity contribution in [3.05, 3.63) is 41.2 Å². The van der Waals surface area contributed by atoms with E-state index in [1.54, 1.807) is 23.0 Å². The Hall–Kier alpha value is -3.08. The molecule has 5 rings (SSSR count). The van der Waals surface area contributed by atoms with E-state index < -0.39 is 11.9 Å². The lowest BCUT2D eigenvalue weighted by atomic mass is 9.98. The van der Waals surface area contributed by atoms with Crippen LogP contribution in [-0.4, -0.2) is 59.7 Å². The molecule has 0 bridgehead atoms. The second-order valence-electron chi connectivity index (χ2n) is 8.03. The number of fused-ring (bicyclic) bond motifs is 2. The first-order chi connectivity index (χ1) is 15.3. The van der Waals surface area contributed by atoms with Crippen LogP contribution in [0.3, 0.4) is 0 Å². The minimum atomic E-state index is -0.543. The molecule has 3 aromatic heterocycles. The summed E-state index contributed by atoms with van der Waals surface area (Å²) in [6, 6.07) is -0.300. The fourth-order valence-electron chi connectivity index (χ4n) is 4.35. The molecule has 166 valence electrons. The van der Waals surface area contributed by atoms with Crippen molar-refractivity contribution in [3.8, 4) is 11.3 Å². The number of amides is 1. The number of hydrogen-bond acceptors (Lipinski definition) is 6. The summed E-state index contributed by atoms with van der Waals surface area (Å²) in [7, 11) is 0. The van der Waals surface area contributed by atoms with Gasteiger partial charge in [0.2, 0.25) is 5.91 Å². The predicted octanol–water partition coefficient (Wildman–Crippen LogP) is 3.15. The Morgan fingerprint density at radius 3 is 2.94 bits per heavy atom. The number of carbonyl (C=O) groups excluding carboxylic acids is 1. The van der Waals surface area contributed by atoms with Crippen molar-refractivity contribution in [2.45, 2.75) is 32.4 Å². The van der Waals surface area contributed by atoms with E-state index in [1.165, 1.54) is 13.1 Å². The van der Waals surface area contributed by atoms with Crippen LogP contribution in [0, 0.1) is 5.82 Å². The number of aromatic amines is 1. The van der Waals surface area contributed by atoms with Gasteiger partial charge in [0.1, 0.15) is 5.82 Å². The molecule has 4 heterocycles. The average Bonchev–Trinajstić information content (AvgIpc) is 3.47. The first kappa shape index (κ1) is 20.8. The number of rotatable bonds is 4. The summed E-state index contributed by atoms with van der Waals surface area (Å²) in [5, 5.41) is 20.2. The van der Waals surface area contributed by atoms with E-state index in [2.05, 4.69) is 25.5 Å². The lowest BCUT2D eigenvalue weighted by Gasteiger charge is -2.26. The van der Waals surface area contributed by atoms with Crippen molar-refractivity contribution >= 4 is 39.9 Å². The van der Waals surface area contributed by atoms with Crippen LogP contribution in [-0.2, 0) is 4.79 Å². The SMILES string of the molecule is CC(=O)Nc1cn2cc(-c3c(Cl)c(F)c(C(C)N4CCC(O)C4)c4[nH]ncc34)ncc2n1. The molecule has 0 spiro atoms. The van der Waals surface area contributed by atoms with Gasteiger partial charge in [-0.05, 0) is 13.3 Å². The van der Waals surface area contributed by atoms with Gasteiger partial charge in [-0.1, -0.05) is 11.6 Å². The molecule has 3 N–H and O–H groups in total. The number of aliphatic hydroxyl groups is 1. The molecule has 0 radical (unpaired) electrons. The summed E-state index contributed by atoms with van der Waals surface area (Å²) in [6.45, 7) is 4.45. The maximum absolute atomic E-state index is 15.7. The van der Waals surface area contributed by atoms with E-state index in [4.69, 9.17) is 11.6 Å². The average molecular weight is 458 g/mol. The number of aliphatic hydroxyl groups excluding tert-OH is 1. The van der Waals surface area contributed by atoms with E-state index in [0.29, 0.717) is 58.7 Å². The van der Waals surface area contributed by atoms with E-state index in [0.717, 1.165) is 0 Å². The summed E-state index contributed by atoms with van der Waals surface area (Å²) in [5.74, 6) is -0.389. The number of nitrogens with one attached hydrogen (secondary N) is 2. The van der Waals surface area contributed by atoms with Gasteiger partial charge in [0, 0.05) is 48.8 Å². The number of aromatic nitrogens is 5. The summed E-state index contributed by atoms with van der Waals surface area (Å²) in [5.41, 5.74) is 2.34. The molecule has 32 heavy (non-hydrogen) atoms. The van der Waals surface area contributed by atoms with Crippen molar-refractivity contribution in [2.75, 3.05) is 18.4 Å². The lowest BCUT2D eigenvalue weighted by molar-refractivity contribution is -0.114. The number of carbonyl (C=O) groups is 1. The molecule has 0 saturated carbocycles. The Kier molecular flexibility index (Phi) is 5.07. The number of β-amino-alcohol motifs (C(OH)–C–C–N with tert-alkyl or cyclic N) is 1. The number of halogens is 2. The highest BCUT2D eigenvalue weighted by Gasteiger charge is 2.31. The van der Waals surface area contributed by atoms with E-state index in [1.807, 2.05) is 11.8 Å². The van der Waals surface area contributed by atoms with Crippen molar-refractivity contribution < 1.29 is 14.3 Å². The van der Waals surface area contributed by atoms with Crippen molar-refractivity contribution in [3.63, 3.8) is 0 Å². The first-order valence-corrected chi connectivity index (χ1v) is 10.6. The van der Waals surface area contributed by atoms with Gasteiger partial charge in [0.15, 0.2) is 11.5 Å². The third kappa shape index (κ3) is 3.40. The fourth-order valence-corrected chi connectivity index (χ4v) is 4.65. The van der Waals surface area contributed by atoms with Crippen molar-refractivity contribution in [1.29, 1.82) is 0 Å². The molecule has 2 unspecified atom stereocenters. The summed E-state index contributed by atoms with van der Waals surface area (Å²) in [6.07, 6.45) is 6.70. The number of hydrogen-bond donors (Lipinski definition) is 3. The number of likely N-dealkylation sites (tertiary alicyclic amines) is 1. The molecule has 1 saturated heterocycles. The standard InChI is InChI=1S/C21H21ClFN7O2/c1-10(29-4-3-12(32)7-29)17-20(23)19(22)18(13-5-25-28-21(13)17)14-8-30-9-15(26-11(2)31)27-16(30)6-24-14/h5-6,8-10,12,32H,3-4,7H2,1-2H3,(H,25,28)(H,26,31). The predicted molar refractivity (Wildman–Crippen MR) is 118 cm³/mol. The first-order valence-electron chi connectivity index (χ1n) is 10.2. The van der Waals surface area contributed by atoms with Crippen molar-refractivity contribution in [1.82, 2.24) is 29.5 Å². The molecule has 1 aliphatic rings. The van der Waals surface area contributed by atoms with Crippen LogP contribution in [0.5, 0.6) is 0 Å². The van der Waals surface area contributed by atoms with Crippen molar-refractivity contribution in [2.24, 2.45) is 0 Å². The lowest BCUT2D eigenvalue weighted by Crippen LogP contribution is -2.26. The van der Waals surface area contributed by atoms with Crippen LogP contribution >= 0.6 is 11.6 Å². The topological polar surface area (TPSA) is 111 Å². The number of imidazole rings is 1. The zero-order chi connectivity index (χ0) is 22.6. The van der Waals surface area contributed by atoms with E-state index in [-0.39, 0.29) is 17.0 Å². The second kappa shape index (κ2) is 7.80. The maximum atomic E-state index is 15.7. The highest BCUT2D eigenvalue weighted by atomic mass is 35.5. The van der Waals surface area contributed by atoms with Crippen LogP contribution in [0.2, 0.25) is 5.02 Å². The molecule has 1 aromatic carbocycles. The third-order valence-electron chi connectivity index (χ3n) is 5.89. The molecule has 9 nitrogen and oxygen atoms in total. The Morgan fingerprint density at radius 1 is 1.41 bits per heavy atom. The fraction of sp³-hybridized carbons (Fsp3) is 0.333. The van der Waals surface area contributed by atoms with Crippen LogP contribution in [0.25, 0.3) is 27.8 Å². The third-order valence-corrected chi connectivity index (χ3v) is 6.24. The van der Waals surface area contributed by atoms with Crippen LogP contribution in [0.1, 0.15) is 31.9 Å². The Labute approximate surface area is 187 Å². The zero-order valence-electron chi connectivity index (χ0n) is 17.4. The van der Waals surface area contributed by atoms with Gasteiger partial charge in [-0.3, -0.25) is 19.8 Å². The second-order valence-corrected chi connectivity index (χ2v) is 8.41. The zero-order valence-corrected chi connectivity index (χ0v) is 18.2. The summed E-state index contributed by atoms with van der Waals surface area (Å²) < 4.78 is 17.3. The number of nitrogens with zero attached hydrogens (tertiary/aromatic N) is 5. The molecular formula is C21H21ClFN7O2. The Morgan fingerprint density at radius 2 is 2.22 bits per heavy atom. The molecule has 11 heteroatoms. The van der Waals surface area contributed by atoms with Gasteiger partial charge < -0.3 is 14.8 Å². The smallest absolute Gasteiger partial charge is 0.222 e. The minimum absolute atomic E-state index is 0.0467. The molecule has 1 fully saturated rings. The molecular weight excluding hydrogens is 437 g/mol. The molecule has 1 amide bonds. The molecule has 4 aromatic rings. The molecule has 0 aliphatic carbocycles. The monoisotopic (exact) mass is 457 g/mol. The van der Waals surface area contributed by atoms with Crippen LogP contribution in [0.15, 0.2) is 24.8 Å². The normalized spacial score (nSPS) is 18.0. The van der Waals surface area contributed by atoms with Gasteiger partial charge in [-0.2, -0.15) is 5.10 Å².